The van der Waals surface area contributed by atoms with Gasteiger partial charge in [0.2, 0.25) is 11.8 Å². The number of carbonyl (C=O) groups is 2. The van der Waals surface area contributed by atoms with E-state index in [0.29, 0.717) is 13.1 Å². The molecule has 0 radical (unpaired) electrons. The lowest BCUT2D eigenvalue weighted by atomic mass is 10.1. The molecule has 1 atom stereocenters. The van der Waals surface area contributed by atoms with Gasteiger partial charge < -0.3 is 16.0 Å². The Morgan fingerprint density at radius 1 is 1.39 bits per heavy atom. The minimum atomic E-state index is -0.453. The summed E-state index contributed by atoms with van der Waals surface area (Å²) in [6.45, 7) is 4.53. The van der Waals surface area contributed by atoms with Gasteiger partial charge >= 0.3 is 0 Å². The number of benzene rings is 1. The molecule has 2 amide bonds. The highest BCUT2D eigenvalue weighted by Gasteiger charge is 2.35. The lowest BCUT2D eigenvalue weighted by Gasteiger charge is -2.21. The van der Waals surface area contributed by atoms with Crippen molar-refractivity contribution >= 4 is 41.7 Å². The fourth-order valence-corrected chi connectivity index (χ4v) is 2.76. The van der Waals surface area contributed by atoms with Crippen molar-refractivity contribution in [1.29, 1.82) is 0 Å². The van der Waals surface area contributed by atoms with Crippen LogP contribution in [0.2, 0.25) is 0 Å². The van der Waals surface area contributed by atoms with Crippen molar-refractivity contribution < 1.29 is 9.59 Å². The third kappa shape index (κ3) is 5.41. The number of hydrogen-bond donors (Lipinski definition) is 2. The molecule has 1 saturated heterocycles. The minimum Gasteiger partial charge on any atom is -0.354 e. The van der Waals surface area contributed by atoms with Gasteiger partial charge in [-0.15, -0.1) is 24.2 Å². The van der Waals surface area contributed by atoms with Gasteiger partial charge in [0.15, 0.2) is 0 Å². The fourth-order valence-electron chi connectivity index (χ4n) is 2.35. The average molecular weight is 358 g/mol. The summed E-state index contributed by atoms with van der Waals surface area (Å²) in [5, 5.41) is 2.83. The highest BCUT2D eigenvalue weighted by atomic mass is 35.5. The third-order valence-corrected chi connectivity index (χ3v) is 4.34. The van der Waals surface area contributed by atoms with Crippen molar-refractivity contribution in [3.8, 4) is 0 Å². The van der Waals surface area contributed by atoms with Crippen LogP contribution in [0.1, 0.15) is 20.3 Å². The van der Waals surface area contributed by atoms with Crippen molar-refractivity contribution in [2.45, 2.75) is 30.7 Å². The molecule has 2 rings (SSSR count). The van der Waals surface area contributed by atoms with Crippen molar-refractivity contribution in [2.24, 2.45) is 11.7 Å². The monoisotopic (exact) mass is 357 g/mol. The quantitative estimate of drug-likeness (QED) is 0.791. The van der Waals surface area contributed by atoms with E-state index in [-0.39, 0.29) is 36.6 Å². The summed E-state index contributed by atoms with van der Waals surface area (Å²) in [7, 11) is 0. The number of nitrogens with zero attached hydrogens (tertiary/aromatic N) is 1. The van der Waals surface area contributed by atoms with Gasteiger partial charge in [-0.3, -0.25) is 9.59 Å². The number of carbonyl (C=O) groups excluding carboxylic acids is 2. The second kappa shape index (κ2) is 8.04. The summed E-state index contributed by atoms with van der Waals surface area (Å²) < 4.78 is 0. The molecule has 0 bridgehead atoms. The van der Waals surface area contributed by atoms with Crippen molar-refractivity contribution in [1.82, 2.24) is 5.32 Å². The molecule has 1 aromatic carbocycles. The largest absolute Gasteiger partial charge is 0.354 e. The fraction of sp³-hybridized carbons (Fsp3) is 0.500. The zero-order valence-electron chi connectivity index (χ0n) is 13.7. The molecule has 1 aliphatic heterocycles. The summed E-state index contributed by atoms with van der Waals surface area (Å²) in [4.78, 5) is 27.2. The Kier molecular flexibility index (Phi) is 6.92. The van der Waals surface area contributed by atoms with E-state index in [2.05, 4.69) is 5.32 Å². The van der Waals surface area contributed by atoms with Gasteiger partial charge in [-0.1, -0.05) is 0 Å². The summed E-state index contributed by atoms with van der Waals surface area (Å²) in [6.07, 6.45) is 2.26. The number of nitrogens with two attached hydrogens (primary N) is 1. The predicted molar refractivity (Wildman–Crippen MR) is 97.2 cm³/mol. The van der Waals surface area contributed by atoms with Crippen LogP contribution in [0.4, 0.5) is 5.69 Å². The van der Waals surface area contributed by atoms with Gasteiger partial charge in [0.05, 0.1) is 5.92 Å². The van der Waals surface area contributed by atoms with Gasteiger partial charge in [0, 0.05) is 35.6 Å². The highest BCUT2D eigenvalue weighted by Crippen LogP contribution is 2.27. The molecule has 23 heavy (non-hydrogen) atoms. The Morgan fingerprint density at radius 2 is 2.00 bits per heavy atom. The minimum absolute atomic E-state index is 0. The summed E-state index contributed by atoms with van der Waals surface area (Å²) in [5.74, 6) is -0.422. The molecule has 1 fully saturated rings. The molecule has 0 spiro atoms. The maximum atomic E-state index is 12.2. The molecule has 128 valence electrons. The van der Waals surface area contributed by atoms with E-state index in [1.165, 1.54) is 0 Å². The van der Waals surface area contributed by atoms with E-state index < -0.39 is 5.54 Å². The predicted octanol–water partition coefficient (Wildman–Crippen LogP) is 2.04. The van der Waals surface area contributed by atoms with E-state index in [4.69, 9.17) is 5.73 Å². The molecule has 0 aliphatic carbocycles. The van der Waals surface area contributed by atoms with E-state index in [1.807, 2.05) is 44.4 Å². The maximum Gasteiger partial charge on any atom is 0.227 e. The van der Waals surface area contributed by atoms with Gasteiger partial charge in [-0.25, -0.2) is 0 Å². The molecule has 5 nitrogen and oxygen atoms in total. The lowest BCUT2D eigenvalue weighted by molar-refractivity contribution is -0.126. The van der Waals surface area contributed by atoms with Gasteiger partial charge in [0.25, 0.3) is 0 Å². The lowest BCUT2D eigenvalue weighted by Crippen LogP contribution is -2.46. The van der Waals surface area contributed by atoms with Crippen LogP contribution in [0.25, 0.3) is 0 Å². The first-order valence-corrected chi connectivity index (χ1v) is 8.53. The maximum absolute atomic E-state index is 12.2. The summed E-state index contributed by atoms with van der Waals surface area (Å²) in [5.41, 5.74) is 6.25. The molecule has 1 unspecified atom stereocenters. The zero-order chi connectivity index (χ0) is 16.3. The average Bonchev–Trinajstić information content (AvgIpc) is 2.86. The van der Waals surface area contributed by atoms with Crippen molar-refractivity contribution in [2.75, 3.05) is 24.2 Å². The van der Waals surface area contributed by atoms with Crippen LogP contribution < -0.4 is 16.0 Å². The van der Waals surface area contributed by atoms with E-state index in [1.54, 1.807) is 16.7 Å². The van der Waals surface area contributed by atoms with Crippen LogP contribution in [0.5, 0.6) is 0 Å². The number of hydrogen-bond acceptors (Lipinski definition) is 4. The molecule has 0 aromatic heterocycles. The Morgan fingerprint density at radius 3 is 2.52 bits per heavy atom. The second-order valence-corrected chi connectivity index (χ2v) is 7.19. The molecule has 1 heterocycles. The standard InChI is InChI=1S/C16H23N3O2S.ClH/c1-16(2,17)10-18-15(21)11-8-14(20)19(9-11)12-4-6-13(22-3)7-5-12;/h4-7,11H,8-10,17H2,1-3H3,(H,18,21);1H. The second-order valence-electron chi connectivity index (χ2n) is 6.31. The van der Waals surface area contributed by atoms with E-state index in [0.717, 1.165) is 10.6 Å². The van der Waals surface area contributed by atoms with E-state index >= 15 is 0 Å². The summed E-state index contributed by atoms with van der Waals surface area (Å²) >= 11 is 1.66. The topological polar surface area (TPSA) is 75.4 Å². The Balaban J connectivity index is 0.00000264. The molecule has 7 heteroatoms. The highest BCUT2D eigenvalue weighted by molar-refractivity contribution is 7.98. The van der Waals surface area contributed by atoms with Crippen LogP contribution in [-0.4, -0.2) is 36.7 Å². The zero-order valence-corrected chi connectivity index (χ0v) is 15.3. The molecule has 1 aromatic rings. The van der Waals surface area contributed by atoms with Crippen LogP contribution in [0.3, 0.4) is 0 Å². The number of anilines is 1. The molecular weight excluding hydrogens is 334 g/mol. The van der Waals surface area contributed by atoms with Crippen LogP contribution in [-0.2, 0) is 9.59 Å². The third-order valence-electron chi connectivity index (χ3n) is 3.60. The normalized spacial score (nSPS) is 17.8. The van der Waals surface area contributed by atoms with Gasteiger partial charge in [-0.05, 0) is 44.4 Å². The van der Waals surface area contributed by atoms with Gasteiger partial charge in [-0.2, -0.15) is 0 Å². The van der Waals surface area contributed by atoms with Crippen LogP contribution in [0, 0.1) is 5.92 Å². The summed E-state index contributed by atoms with van der Waals surface area (Å²) in [6, 6.07) is 7.81. The SMILES string of the molecule is CSc1ccc(N2CC(C(=O)NCC(C)(C)N)CC2=O)cc1.Cl. The van der Waals surface area contributed by atoms with Crippen molar-refractivity contribution in [3.63, 3.8) is 0 Å². The Bertz CT molecular complexity index is 557. The number of nitrogens with one attached hydrogen (secondary N) is 1. The van der Waals surface area contributed by atoms with Crippen LogP contribution in [0.15, 0.2) is 29.2 Å². The van der Waals surface area contributed by atoms with Gasteiger partial charge in [0.1, 0.15) is 0 Å². The molecule has 0 saturated carbocycles. The Labute approximate surface area is 147 Å². The number of halogens is 1. The smallest absolute Gasteiger partial charge is 0.227 e. The number of amides is 2. The van der Waals surface area contributed by atoms with E-state index in [9.17, 15) is 9.59 Å². The number of rotatable bonds is 5. The molecule has 3 N–H and O–H groups in total. The first-order chi connectivity index (χ1) is 10.3. The Hall–Kier alpha value is -1.24. The molecule has 1 aliphatic rings. The van der Waals surface area contributed by atoms with Crippen molar-refractivity contribution in [3.05, 3.63) is 24.3 Å². The molecular formula is C16H24ClN3O2S. The van der Waals surface area contributed by atoms with Crippen LogP contribution >= 0.6 is 24.2 Å². The first kappa shape index (κ1) is 19.8. The number of thioether (sulfide) groups is 1. The first-order valence-electron chi connectivity index (χ1n) is 7.31.